The summed E-state index contributed by atoms with van der Waals surface area (Å²) < 4.78 is 21.2. The first-order valence-electron chi connectivity index (χ1n) is 11.9. The van der Waals surface area contributed by atoms with E-state index < -0.39 is 0 Å². The maximum atomic E-state index is 13.8. The summed E-state index contributed by atoms with van der Waals surface area (Å²) in [6.07, 6.45) is 1.79. The fourth-order valence-electron chi connectivity index (χ4n) is 4.17. The van der Waals surface area contributed by atoms with E-state index >= 15 is 0 Å². The number of fused-ring (bicyclic) bond motifs is 1. The van der Waals surface area contributed by atoms with Gasteiger partial charge in [0.2, 0.25) is 0 Å². The van der Waals surface area contributed by atoms with Crippen molar-refractivity contribution in [1.82, 2.24) is 24.6 Å². The normalized spacial score (nSPS) is 15.4. The van der Waals surface area contributed by atoms with Gasteiger partial charge in [0.1, 0.15) is 11.6 Å². The molecule has 0 saturated carbocycles. The molecule has 1 N–H and O–H groups in total. The lowest BCUT2D eigenvalue weighted by Gasteiger charge is -2.26. The number of halogens is 1. The lowest BCUT2D eigenvalue weighted by atomic mass is 10.0. The molecule has 1 aliphatic rings. The molecule has 35 heavy (non-hydrogen) atoms. The zero-order valence-electron chi connectivity index (χ0n) is 19.7. The minimum absolute atomic E-state index is 0.270. The molecule has 3 heterocycles. The van der Waals surface area contributed by atoms with Crippen LogP contribution in [0.15, 0.2) is 66.0 Å². The molecule has 7 nitrogen and oxygen atoms in total. The number of morpholine rings is 1. The molecule has 1 saturated heterocycles. The van der Waals surface area contributed by atoms with Gasteiger partial charge in [-0.2, -0.15) is 5.10 Å². The standard InChI is InChI=1S/C26H29FN6OS/c1-19(20-6-3-2-4-7-20)18-33-25-23(17-28-33)24(29-22-9-5-8-21(27)16-22)30-26(31-25)35-15-12-32-10-13-34-14-11-32/h2-9,16-17,19H,10-15,18H2,1H3,(H,29,30,31). The number of anilines is 2. The summed E-state index contributed by atoms with van der Waals surface area (Å²) in [4.78, 5) is 12.1. The number of hydrogen-bond donors (Lipinski definition) is 1. The fraction of sp³-hybridized carbons (Fsp3) is 0.346. The predicted octanol–water partition coefficient (Wildman–Crippen LogP) is 4.94. The zero-order valence-corrected chi connectivity index (χ0v) is 20.5. The number of nitrogens with zero attached hydrogens (tertiary/aromatic N) is 5. The third kappa shape index (κ3) is 5.98. The van der Waals surface area contributed by atoms with E-state index in [-0.39, 0.29) is 11.7 Å². The first kappa shape index (κ1) is 23.7. The van der Waals surface area contributed by atoms with Crippen LogP contribution in [0.5, 0.6) is 0 Å². The summed E-state index contributed by atoms with van der Waals surface area (Å²) in [5.74, 6) is 1.48. The molecule has 1 unspecified atom stereocenters. The molecule has 9 heteroatoms. The molecule has 1 atom stereocenters. The summed E-state index contributed by atoms with van der Waals surface area (Å²) in [7, 11) is 0. The number of hydrogen-bond acceptors (Lipinski definition) is 7. The molecule has 0 amide bonds. The molecule has 2 aromatic heterocycles. The smallest absolute Gasteiger partial charge is 0.191 e. The second-order valence-electron chi connectivity index (χ2n) is 8.67. The van der Waals surface area contributed by atoms with Crippen LogP contribution in [0, 0.1) is 5.82 Å². The van der Waals surface area contributed by atoms with Crippen LogP contribution in [0.2, 0.25) is 0 Å². The Labute approximate surface area is 208 Å². The van der Waals surface area contributed by atoms with Gasteiger partial charge in [-0.15, -0.1) is 0 Å². The van der Waals surface area contributed by atoms with E-state index in [9.17, 15) is 4.39 Å². The number of aromatic nitrogens is 4. The second-order valence-corrected chi connectivity index (χ2v) is 9.73. The van der Waals surface area contributed by atoms with Gasteiger partial charge in [0.15, 0.2) is 10.8 Å². The van der Waals surface area contributed by atoms with E-state index in [1.54, 1.807) is 24.0 Å². The predicted molar refractivity (Wildman–Crippen MR) is 138 cm³/mol. The molecule has 0 bridgehead atoms. The topological polar surface area (TPSA) is 68.1 Å². The quantitative estimate of drug-likeness (QED) is 0.262. The number of ether oxygens (including phenoxy) is 1. The van der Waals surface area contributed by atoms with Gasteiger partial charge in [0.05, 0.1) is 24.8 Å². The van der Waals surface area contributed by atoms with Crippen LogP contribution in [0.4, 0.5) is 15.9 Å². The number of benzene rings is 2. The number of thioether (sulfide) groups is 1. The summed E-state index contributed by atoms with van der Waals surface area (Å²) in [6, 6.07) is 16.8. The Morgan fingerprint density at radius 1 is 1.09 bits per heavy atom. The minimum atomic E-state index is -0.298. The Balaban J connectivity index is 1.41. The number of nitrogens with one attached hydrogen (secondary N) is 1. The van der Waals surface area contributed by atoms with E-state index in [0.717, 1.165) is 49.6 Å². The average Bonchev–Trinajstić information content (AvgIpc) is 3.28. The van der Waals surface area contributed by atoms with Gasteiger partial charge >= 0.3 is 0 Å². The lowest BCUT2D eigenvalue weighted by molar-refractivity contribution is 0.0410. The SMILES string of the molecule is CC(Cn1ncc2c(Nc3cccc(F)c3)nc(SCCN3CCOCC3)nc21)c1ccccc1. The van der Waals surface area contributed by atoms with E-state index in [0.29, 0.717) is 23.2 Å². The van der Waals surface area contributed by atoms with Gasteiger partial charge in [-0.05, 0) is 23.8 Å². The van der Waals surface area contributed by atoms with Crippen molar-refractivity contribution in [1.29, 1.82) is 0 Å². The van der Waals surface area contributed by atoms with Crippen molar-refractivity contribution in [2.75, 3.05) is 43.9 Å². The summed E-state index contributed by atoms with van der Waals surface area (Å²) >= 11 is 1.62. The van der Waals surface area contributed by atoms with Crippen molar-refractivity contribution in [2.45, 2.75) is 24.5 Å². The second kappa shape index (κ2) is 11.2. The van der Waals surface area contributed by atoms with Crippen molar-refractivity contribution in [3.05, 3.63) is 72.2 Å². The van der Waals surface area contributed by atoms with Crippen LogP contribution in [0.3, 0.4) is 0 Å². The largest absolute Gasteiger partial charge is 0.379 e. The molecule has 0 radical (unpaired) electrons. The van der Waals surface area contributed by atoms with E-state index in [1.807, 2.05) is 16.8 Å². The molecule has 1 fully saturated rings. The Kier molecular flexibility index (Phi) is 7.56. The van der Waals surface area contributed by atoms with Gasteiger partial charge < -0.3 is 10.1 Å². The van der Waals surface area contributed by atoms with Gasteiger partial charge in [-0.25, -0.2) is 19.0 Å². The monoisotopic (exact) mass is 492 g/mol. The van der Waals surface area contributed by atoms with Gasteiger partial charge in [0, 0.05) is 43.5 Å². The van der Waals surface area contributed by atoms with Crippen LogP contribution in [0.25, 0.3) is 11.0 Å². The maximum absolute atomic E-state index is 13.8. The fourth-order valence-corrected chi connectivity index (χ4v) is 5.01. The highest BCUT2D eigenvalue weighted by Gasteiger charge is 2.17. The first-order chi connectivity index (χ1) is 17.2. The molecule has 2 aromatic carbocycles. The van der Waals surface area contributed by atoms with Crippen LogP contribution in [0.1, 0.15) is 18.4 Å². The molecule has 182 valence electrons. The molecular formula is C26H29FN6OS. The van der Waals surface area contributed by atoms with Crippen molar-refractivity contribution < 1.29 is 9.13 Å². The van der Waals surface area contributed by atoms with Crippen molar-refractivity contribution in [3.63, 3.8) is 0 Å². The van der Waals surface area contributed by atoms with Gasteiger partial charge in [-0.3, -0.25) is 4.90 Å². The molecule has 5 rings (SSSR count). The van der Waals surface area contributed by atoms with Crippen LogP contribution in [-0.4, -0.2) is 63.2 Å². The van der Waals surface area contributed by atoms with Crippen LogP contribution in [-0.2, 0) is 11.3 Å². The van der Waals surface area contributed by atoms with E-state index in [1.165, 1.54) is 17.7 Å². The van der Waals surface area contributed by atoms with Crippen LogP contribution >= 0.6 is 11.8 Å². The Bertz CT molecular complexity index is 1260. The van der Waals surface area contributed by atoms with Crippen molar-refractivity contribution in [2.24, 2.45) is 0 Å². The summed E-state index contributed by atoms with van der Waals surface area (Å²) in [6.45, 7) is 7.32. The van der Waals surface area contributed by atoms with E-state index in [2.05, 4.69) is 46.5 Å². The molecule has 0 spiro atoms. The number of rotatable bonds is 9. The van der Waals surface area contributed by atoms with Crippen molar-refractivity contribution in [3.8, 4) is 0 Å². The van der Waals surface area contributed by atoms with Crippen molar-refractivity contribution >= 4 is 34.3 Å². The third-order valence-electron chi connectivity index (χ3n) is 6.12. The zero-order chi connectivity index (χ0) is 24.0. The molecule has 4 aromatic rings. The van der Waals surface area contributed by atoms with Crippen LogP contribution < -0.4 is 5.32 Å². The summed E-state index contributed by atoms with van der Waals surface area (Å²) in [5, 5.41) is 9.42. The molecule has 0 aliphatic carbocycles. The Morgan fingerprint density at radius 2 is 1.91 bits per heavy atom. The van der Waals surface area contributed by atoms with E-state index in [4.69, 9.17) is 14.7 Å². The highest BCUT2D eigenvalue weighted by atomic mass is 32.2. The van der Waals surface area contributed by atoms with Gasteiger partial charge in [0.25, 0.3) is 0 Å². The average molecular weight is 493 g/mol. The third-order valence-corrected chi connectivity index (χ3v) is 6.95. The maximum Gasteiger partial charge on any atom is 0.191 e. The minimum Gasteiger partial charge on any atom is -0.379 e. The molecular weight excluding hydrogens is 463 g/mol. The Morgan fingerprint density at radius 3 is 2.71 bits per heavy atom. The first-order valence-corrected chi connectivity index (χ1v) is 12.9. The molecule has 1 aliphatic heterocycles. The highest BCUT2D eigenvalue weighted by Crippen LogP contribution is 2.28. The Hall–Kier alpha value is -3.01. The highest BCUT2D eigenvalue weighted by molar-refractivity contribution is 7.99. The van der Waals surface area contributed by atoms with Gasteiger partial charge in [-0.1, -0.05) is 55.1 Å². The summed E-state index contributed by atoms with van der Waals surface area (Å²) in [5.41, 5.74) is 2.67. The lowest BCUT2D eigenvalue weighted by Crippen LogP contribution is -2.37.